The maximum Gasteiger partial charge on any atom is 0.203 e. The highest BCUT2D eigenvalue weighted by molar-refractivity contribution is 5.30. The first kappa shape index (κ1) is 12.1. The van der Waals surface area contributed by atoms with Gasteiger partial charge in [0, 0.05) is 18.8 Å². The number of rotatable bonds is 5. The second kappa shape index (κ2) is 5.33. The topological polar surface area (TPSA) is 29.9 Å². The molecule has 3 rings (SSSR count). The summed E-state index contributed by atoms with van der Waals surface area (Å²) in [5, 5.41) is 3.64. The smallest absolute Gasteiger partial charge is 0.203 e. The minimum absolute atomic E-state index is 0.661. The van der Waals surface area contributed by atoms with Crippen molar-refractivity contribution < 1.29 is 0 Å². The lowest BCUT2D eigenvalue weighted by Gasteiger charge is -2.25. The lowest BCUT2D eigenvalue weighted by atomic mass is 9.83. The van der Waals surface area contributed by atoms with Crippen LogP contribution >= 0.6 is 0 Å². The molecule has 100 valence electrons. The normalized spacial score (nSPS) is 21.2. The van der Waals surface area contributed by atoms with E-state index in [2.05, 4.69) is 28.0 Å². The van der Waals surface area contributed by atoms with Crippen molar-refractivity contribution in [2.24, 2.45) is 5.92 Å². The molecule has 1 heterocycles. The fourth-order valence-corrected chi connectivity index (χ4v) is 3.19. The Balaban J connectivity index is 1.60. The van der Waals surface area contributed by atoms with Crippen LogP contribution in [0.3, 0.4) is 0 Å². The quantitative estimate of drug-likeness (QED) is 0.859. The predicted molar refractivity (Wildman–Crippen MR) is 74.8 cm³/mol. The van der Waals surface area contributed by atoms with E-state index >= 15 is 0 Å². The summed E-state index contributed by atoms with van der Waals surface area (Å²) >= 11 is 0. The summed E-state index contributed by atoms with van der Waals surface area (Å²) in [4.78, 5) is 4.65. The molecule has 0 aromatic carbocycles. The Labute approximate surface area is 110 Å². The lowest BCUT2D eigenvalue weighted by molar-refractivity contribution is 0.282. The molecular weight excluding hydrogens is 222 g/mol. The number of imidazole rings is 1. The SMILES string of the molecule is Cc1cn(CCC2CCC2)c(NC2CCCC2)n1. The van der Waals surface area contributed by atoms with Gasteiger partial charge in [0.1, 0.15) is 0 Å². The Kier molecular flexibility index (Phi) is 3.57. The Hall–Kier alpha value is -0.990. The van der Waals surface area contributed by atoms with Crippen molar-refractivity contribution in [1.82, 2.24) is 9.55 Å². The van der Waals surface area contributed by atoms with E-state index in [1.807, 2.05) is 0 Å². The number of nitrogens with one attached hydrogen (secondary N) is 1. The van der Waals surface area contributed by atoms with Gasteiger partial charge in [-0.3, -0.25) is 0 Å². The van der Waals surface area contributed by atoms with E-state index in [4.69, 9.17) is 0 Å². The minimum Gasteiger partial charge on any atom is -0.353 e. The second-order valence-corrected chi connectivity index (χ2v) is 6.11. The molecule has 18 heavy (non-hydrogen) atoms. The molecule has 2 saturated carbocycles. The third kappa shape index (κ3) is 2.70. The van der Waals surface area contributed by atoms with E-state index in [1.165, 1.54) is 51.4 Å². The summed E-state index contributed by atoms with van der Waals surface area (Å²) in [6.45, 7) is 3.24. The second-order valence-electron chi connectivity index (χ2n) is 6.11. The zero-order chi connectivity index (χ0) is 12.4. The van der Waals surface area contributed by atoms with Crippen LogP contribution in [0, 0.1) is 12.8 Å². The van der Waals surface area contributed by atoms with Crippen LogP contribution in [-0.2, 0) is 6.54 Å². The fraction of sp³-hybridized carbons (Fsp3) is 0.800. The van der Waals surface area contributed by atoms with Crippen molar-refractivity contribution in [3.63, 3.8) is 0 Å². The molecule has 2 aliphatic rings. The molecular formula is C15H25N3. The first-order chi connectivity index (χ1) is 8.81. The van der Waals surface area contributed by atoms with Crippen molar-refractivity contribution in [3.05, 3.63) is 11.9 Å². The minimum atomic E-state index is 0.661. The Morgan fingerprint density at radius 3 is 2.67 bits per heavy atom. The highest BCUT2D eigenvalue weighted by atomic mass is 15.2. The molecule has 3 nitrogen and oxygen atoms in total. The molecule has 0 unspecified atom stereocenters. The van der Waals surface area contributed by atoms with Crippen molar-refractivity contribution in [2.45, 2.75) is 70.9 Å². The van der Waals surface area contributed by atoms with Crippen LogP contribution in [0.2, 0.25) is 0 Å². The van der Waals surface area contributed by atoms with E-state index in [1.54, 1.807) is 0 Å². The largest absolute Gasteiger partial charge is 0.353 e. The molecule has 0 bridgehead atoms. The summed E-state index contributed by atoms with van der Waals surface area (Å²) < 4.78 is 2.34. The molecule has 0 radical (unpaired) electrons. The Bertz CT molecular complexity index is 386. The molecule has 1 aromatic heterocycles. The van der Waals surface area contributed by atoms with Crippen LogP contribution in [0.25, 0.3) is 0 Å². The molecule has 3 heteroatoms. The molecule has 0 atom stereocenters. The Morgan fingerprint density at radius 2 is 2.00 bits per heavy atom. The number of nitrogens with zero attached hydrogens (tertiary/aromatic N) is 2. The number of anilines is 1. The van der Waals surface area contributed by atoms with Crippen molar-refractivity contribution in [2.75, 3.05) is 5.32 Å². The third-order valence-electron chi connectivity index (χ3n) is 4.59. The fourth-order valence-electron chi connectivity index (χ4n) is 3.19. The van der Waals surface area contributed by atoms with Gasteiger partial charge in [0.25, 0.3) is 0 Å². The first-order valence-corrected chi connectivity index (χ1v) is 7.61. The maximum absolute atomic E-state index is 4.65. The van der Waals surface area contributed by atoms with Gasteiger partial charge < -0.3 is 9.88 Å². The summed E-state index contributed by atoms with van der Waals surface area (Å²) in [7, 11) is 0. The van der Waals surface area contributed by atoms with Crippen molar-refractivity contribution in [3.8, 4) is 0 Å². The van der Waals surface area contributed by atoms with Gasteiger partial charge in [-0.2, -0.15) is 0 Å². The first-order valence-electron chi connectivity index (χ1n) is 7.61. The van der Waals surface area contributed by atoms with Gasteiger partial charge in [0.2, 0.25) is 5.95 Å². The molecule has 0 amide bonds. The molecule has 0 aliphatic heterocycles. The molecule has 2 fully saturated rings. The molecule has 1 aromatic rings. The summed E-state index contributed by atoms with van der Waals surface area (Å²) in [6, 6.07) is 0.661. The van der Waals surface area contributed by atoms with Gasteiger partial charge in [-0.25, -0.2) is 4.98 Å². The zero-order valence-electron chi connectivity index (χ0n) is 11.5. The van der Waals surface area contributed by atoms with Gasteiger partial charge in [0.15, 0.2) is 0 Å². The summed E-state index contributed by atoms with van der Waals surface area (Å²) in [5.41, 5.74) is 1.14. The van der Waals surface area contributed by atoms with Crippen LogP contribution in [0.5, 0.6) is 0 Å². The summed E-state index contributed by atoms with van der Waals surface area (Å²) in [6.07, 6.45) is 13.2. The lowest BCUT2D eigenvalue weighted by Crippen LogP contribution is -2.19. The zero-order valence-corrected chi connectivity index (χ0v) is 11.5. The van der Waals surface area contributed by atoms with E-state index in [9.17, 15) is 0 Å². The Morgan fingerprint density at radius 1 is 1.22 bits per heavy atom. The van der Waals surface area contributed by atoms with E-state index in [0.29, 0.717) is 6.04 Å². The molecule has 0 spiro atoms. The number of aryl methyl sites for hydroxylation is 2. The highest BCUT2D eigenvalue weighted by Crippen LogP contribution is 2.30. The van der Waals surface area contributed by atoms with Crippen molar-refractivity contribution in [1.29, 1.82) is 0 Å². The van der Waals surface area contributed by atoms with Gasteiger partial charge >= 0.3 is 0 Å². The standard InChI is InChI=1S/C15H25N3/c1-12-11-18(10-9-13-5-4-6-13)15(16-12)17-14-7-2-3-8-14/h11,13-14H,2-10H2,1H3,(H,16,17). The monoisotopic (exact) mass is 247 g/mol. The average Bonchev–Trinajstić information content (AvgIpc) is 2.88. The van der Waals surface area contributed by atoms with E-state index in [-0.39, 0.29) is 0 Å². The van der Waals surface area contributed by atoms with E-state index < -0.39 is 0 Å². The highest BCUT2D eigenvalue weighted by Gasteiger charge is 2.19. The molecule has 2 aliphatic carbocycles. The van der Waals surface area contributed by atoms with Crippen LogP contribution in [0.15, 0.2) is 6.20 Å². The van der Waals surface area contributed by atoms with Gasteiger partial charge in [0.05, 0.1) is 5.69 Å². The predicted octanol–water partition coefficient (Wildman–Crippen LogP) is 3.74. The van der Waals surface area contributed by atoms with Crippen molar-refractivity contribution >= 4 is 5.95 Å². The van der Waals surface area contributed by atoms with E-state index in [0.717, 1.165) is 24.1 Å². The number of aromatic nitrogens is 2. The van der Waals surface area contributed by atoms with Crippen LogP contribution < -0.4 is 5.32 Å². The molecule has 0 saturated heterocycles. The third-order valence-corrected chi connectivity index (χ3v) is 4.59. The van der Waals surface area contributed by atoms with Crippen LogP contribution in [0.4, 0.5) is 5.95 Å². The van der Waals surface area contributed by atoms with Gasteiger partial charge in [-0.1, -0.05) is 32.1 Å². The number of hydrogen-bond donors (Lipinski definition) is 1. The maximum atomic E-state index is 4.65. The van der Waals surface area contributed by atoms with Crippen LogP contribution in [-0.4, -0.2) is 15.6 Å². The average molecular weight is 247 g/mol. The van der Waals surface area contributed by atoms with Crippen LogP contribution in [0.1, 0.15) is 57.1 Å². The van der Waals surface area contributed by atoms with Gasteiger partial charge in [-0.15, -0.1) is 0 Å². The number of hydrogen-bond acceptors (Lipinski definition) is 2. The van der Waals surface area contributed by atoms with Gasteiger partial charge in [-0.05, 0) is 32.1 Å². The molecule has 1 N–H and O–H groups in total. The summed E-state index contributed by atoms with van der Waals surface area (Å²) in [5.74, 6) is 2.09.